The lowest BCUT2D eigenvalue weighted by Gasteiger charge is -2.13. The lowest BCUT2D eigenvalue weighted by molar-refractivity contribution is 0.0950. The third-order valence-corrected chi connectivity index (χ3v) is 4.07. The Kier molecular flexibility index (Phi) is 6.35. The van der Waals surface area contributed by atoms with Crippen molar-refractivity contribution in [2.24, 2.45) is 0 Å². The summed E-state index contributed by atoms with van der Waals surface area (Å²) in [5, 5.41) is 2.91. The van der Waals surface area contributed by atoms with E-state index in [0.717, 1.165) is 11.3 Å². The standard InChI is InChI=1S/C18H21NO3S/c1-21-16-6-4-5-15(17(16)22-2)11-19-18(20)14-9-7-13(8-10-14)12-23-3/h4-10H,11-12H2,1-3H3,(H,19,20). The first-order valence-electron chi connectivity index (χ1n) is 7.25. The number of amides is 1. The minimum atomic E-state index is -0.106. The summed E-state index contributed by atoms with van der Waals surface area (Å²) in [5.74, 6) is 2.14. The van der Waals surface area contributed by atoms with Crippen molar-refractivity contribution in [1.82, 2.24) is 5.32 Å². The first-order valence-corrected chi connectivity index (χ1v) is 8.65. The molecule has 4 nitrogen and oxygen atoms in total. The van der Waals surface area contributed by atoms with Gasteiger partial charge < -0.3 is 14.8 Å². The largest absolute Gasteiger partial charge is 0.493 e. The second kappa shape index (κ2) is 8.48. The van der Waals surface area contributed by atoms with Crippen molar-refractivity contribution < 1.29 is 14.3 Å². The van der Waals surface area contributed by atoms with Gasteiger partial charge in [-0.3, -0.25) is 4.79 Å². The molecule has 0 aliphatic heterocycles. The molecule has 0 radical (unpaired) electrons. The maximum atomic E-state index is 12.3. The van der Waals surface area contributed by atoms with Crippen LogP contribution in [0.15, 0.2) is 42.5 Å². The van der Waals surface area contributed by atoms with E-state index in [4.69, 9.17) is 9.47 Å². The summed E-state index contributed by atoms with van der Waals surface area (Å²) in [6.07, 6.45) is 2.06. The molecule has 122 valence electrons. The molecule has 1 N–H and O–H groups in total. The van der Waals surface area contributed by atoms with E-state index in [2.05, 4.69) is 11.6 Å². The molecule has 0 spiro atoms. The van der Waals surface area contributed by atoms with Crippen LogP contribution in [-0.2, 0) is 12.3 Å². The maximum Gasteiger partial charge on any atom is 0.251 e. The lowest BCUT2D eigenvalue weighted by Crippen LogP contribution is -2.23. The minimum absolute atomic E-state index is 0.106. The third kappa shape index (κ3) is 4.42. The van der Waals surface area contributed by atoms with Gasteiger partial charge in [0.2, 0.25) is 0 Å². The van der Waals surface area contributed by atoms with Crippen molar-refractivity contribution in [3.8, 4) is 11.5 Å². The predicted molar refractivity (Wildman–Crippen MR) is 94.4 cm³/mol. The number of hydrogen-bond donors (Lipinski definition) is 1. The average Bonchev–Trinajstić information content (AvgIpc) is 2.60. The van der Waals surface area contributed by atoms with Gasteiger partial charge in [-0.1, -0.05) is 24.3 Å². The molecule has 0 bridgehead atoms. The van der Waals surface area contributed by atoms with Crippen molar-refractivity contribution in [3.63, 3.8) is 0 Å². The molecule has 5 heteroatoms. The van der Waals surface area contributed by atoms with Gasteiger partial charge in [0.1, 0.15) is 0 Å². The summed E-state index contributed by atoms with van der Waals surface area (Å²) < 4.78 is 10.6. The summed E-state index contributed by atoms with van der Waals surface area (Å²) >= 11 is 1.76. The van der Waals surface area contributed by atoms with Crippen molar-refractivity contribution >= 4 is 17.7 Å². The van der Waals surface area contributed by atoms with E-state index in [1.807, 2.05) is 42.5 Å². The second-order valence-corrected chi connectivity index (χ2v) is 5.83. The molecular weight excluding hydrogens is 310 g/mol. The SMILES string of the molecule is COc1cccc(CNC(=O)c2ccc(CSC)cc2)c1OC. The number of ether oxygens (including phenoxy) is 2. The molecule has 0 atom stereocenters. The smallest absolute Gasteiger partial charge is 0.251 e. The molecule has 2 rings (SSSR count). The van der Waals surface area contributed by atoms with E-state index >= 15 is 0 Å². The molecule has 0 saturated carbocycles. The van der Waals surface area contributed by atoms with Crippen LogP contribution in [0.5, 0.6) is 11.5 Å². The van der Waals surface area contributed by atoms with Gasteiger partial charge in [0.25, 0.3) is 5.91 Å². The Labute approximate surface area is 141 Å². The molecule has 23 heavy (non-hydrogen) atoms. The number of nitrogens with one attached hydrogen (secondary N) is 1. The van der Waals surface area contributed by atoms with E-state index in [9.17, 15) is 4.79 Å². The van der Waals surface area contributed by atoms with Crippen LogP contribution < -0.4 is 14.8 Å². The Bertz CT molecular complexity index is 656. The van der Waals surface area contributed by atoms with Crippen molar-refractivity contribution in [1.29, 1.82) is 0 Å². The normalized spacial score (nSPS) is 10.2. The summed E-state index contributed by atoms with van der Waals surface area (Å²) in [4.78, 5) is 12.3. The van der Waals surface area contributed by atoms with Gasteiger partial charge in [0, 0.05) is 23.4 Å². The monoisotopic (exact) mass is 331 g/mol. The van der Waals surface area contributed by atoms with Gasteiger partial charge in [0.05, 0.1) is 14.2 Å². The van der Waals surface area contributed by atoms with Crippen LogP contribution in [0.2, 0.25) is 0 Å². The molecule has 0 aliphatic carbocycles. The zero-order valence-electron chi connectivity index (χ0n) is 13.6. The highest BCUT2D eigenvalue weighted by molar-refractivity contribution is 7.97. The number of thioether (sulfide) groups is 1. The van der Waals surface area contributed by atoms with Crippen LogP contribution in [-0.4, -0.2) is 26.4 Å². The fourth-order valence-corrected chi connectivity index (χ4v) is 2.82. The third-order valence-electron chi connectivity index (χ3n) is 3.45. The Morgan fingerprint density at radius 1 is 1.09 bits per heavy atom. The Balaban J connectivity index is 2.04. The van der Waals surface area contributed by atoms with Crippen molar-refractivity contribution in [2.45, 2.75) is 12.3 Å². The van der Waals surface area contributed by atoms with Gasteiger partial charge in [-0.25, -0.2) is 0 Å². The molecule has 0 aromatic heterocycles. The lowest BCUT2D eigenvalue weighted by atomic mass is 10.1. The number of hydrogen-bond acceptors (Lipinski definition) is 4. The molecule has 0 fully saturated rings. The van der Waals surface area contributed by atoms with Crippen molar-refractivity contribution in [2.75, 3.05) is 20.5 Å². The van der Waals surface area contributed by atoms with Crippen LogP contribution in [0.25, 0.3) is 0 Å². The van der Waals surface area contributed by atoms with Crippen LogP contribution in [0.1, 0.15) is 21.5 Å². The number of para-hydroxylation sites is 1. The molecule has 0 unspecified atom stereocenters. The Morgan fingerprint density at radius 3 is 2.43 bits per heavy atom. The number of carbonyl (C=O) groups excluding carboxylic acids is 1. The van der Waals surface area contributed by atoms with E-state index in [0.29, 0.717) is 23.6 Å². The van der Waals surface area contributed by atoms with Gasteiger partial charge in [-0.2, -0.15) is 11.8 Å². The van der Waals surface area contributed by atoms with Gasteiger partial charge in [-0.05, 0) is 30.0 Å². The average molecular weight is 331 g/mol. The molecular formula is C18H21NO3S. The van der Waals surface area contributed by atoms with Crippen LogP contribution in [0.4, 0.5) is 0 Å². The van der Waals surface area contributed by atoms with E-state index < -0.39 is 0 Å². The molecule has 0 heterocycles. The quantitative estimate of drug-likeness (QED) is 0.843. The highest BCUT2D eigenvalue weighted by Crippen LogP contribution is 2.30. The number of rotatable bonds is 7. The van der Waals surface area contributed by atoms with E-state index in [1.165, 1.54) is 5.56 Å². The highest BCUT2D eigenvalue weighted by atomic mass is 32.2. The zero-order chi connectivity index (χ0) is 16.7. The van der Waals surface area contributed by atoms with Crippen LogP contribution in [0, 0.1) is 0 Å². The Morgan fingerprint density at radius 2 is 1.83 bits per heavy atom. The summed E-state index contributed by atoms with van der Waals surface area (Å²) in [6.45, 7) is 0.381. The first-order chi connectivity index (χ1) is 11.2. The van der Waals surface area contributed by atoms with E-state index in [1.54, 1.807) is 26.0 Å². The van der Waals surface area contributed by atoms with Gasteiger partial charge >= 0.3 is 0 Å². The van der Waals surface area contributed by atoms with Crippen LogP contribution in [0.3, 0.4) is 0 Å². The molecule has 1 amide bonds. The summed E-state index contributed by atoms with van der Waals surface area (Å²) in [5.41, 5.74) is 2.74. The Hall–Kier alpha value is -2.14. The predicted octanol–water partition coefficient (Wildman–Crippen LogP) is 3.50. The summed E-state index contributed by atoms with van der Waals surface area (Å²) in [7, 11) is 3.18. The maximum absolute atomic E-state index is 12.3. The number of benzene rings is 2. The molecule has 2 aromatic carbocycles. The van der Waals surface area contributed by atoms with Gasteiger partial charge in [0.15, 0.2) is 11.5 Å². The van der Waals surface area contributed by atoms with Gasteiger partial charge in [-0.15, -0.1) is 0 Å². The van der Waals surface area contributed by atoms with E-state index in [-0.39, 0.29) is 5.91 Å². The fraction of sp³-hybridized carbons (Fsp3) is 0.278. The minimum Gasteiger partial charge on any atom is -0.493 e. The fourth-order valence-electron chi connectivity index (χ4n) is 2.29. The number of methoxy groups -OCH3 is 2. The summed E-state index contributed by atoms with van der Waals surface area (Å²) in [6, 6.07) is 13.3. The topological polar surface area (TPSA) is 47.6 Å². The molecule has 0 aliphatic rings. The van der Waals surface area contributed by atoms with Crippen molar-refractivity contribution in [3.05, 3.63) is 59.2 Å². The number of carbonyl (C=O) groups is 1. The molecule has 0 saturated heterocycles. The first kappa shape index (κ1) is 17.2. The molecule has 2 aromatic rings. The zero-order valence-corrected chi connectivity index (χ0v) is 14.4. The van der Waals surface area contributed by atoms with Crippen LogP contribution >= 0.6 is 11.8 Å². The second-order valence-electron chi connectivity index (χ2n) is 4.97. The highest BCUT2D eigenvalue weighted by Gasteiger charge is 2.11.